The molecule has 0 unspecified atom stereocenters. The third kappa shape index (κ3) is 3.91. The Balaban J connectivity index is 2.12. The Morgan fingerprint density at radius 2 is 1.91 bits per heavy atom. The van der Waals surface area contributed by atoms with Crippen molar-refractivity contribution in [2.75, 3.05) is 0 Å². The van der Waals surface area contributed by atoms with Crippen LogP contribution in [-0.4, -0.2) is 22.3 Å². The van der Waals surface area contributed by atoms with Crippen molar-refractivity contribution in [3.05, 3.63) is 56.0 Å². The van der Waals surface area contributed by atoms with Crippen LogP contribution in [-0.2, 0) is 0 Å². The van der Waals surface area contributed by atoms with E-state index in [1.54, 1.807) is 0 Å². The van der Waals surface area contributed by atoms with Crippen LogP contribution in [0, 0.1) is 0 Å². The minimum atomic E-state index is -0.518. The quantitative estimate of drug-likeness (QED) is 0.536. The molecule has 1 amide bonds. The van der Waals surface area contributed by atoms with E-state index in [1.807, 2.05) is 0 Å². The fourth-order valence-corrected chi connectivity index (χ4v) is 2.42. The number of nitrogens with one attached hydrogen (secondary N) is 1. The van der Waals surface area contributed by atoms with Crippen LogP contribution in [0.4, 0.5) is 0 Å². The zero-order valence-corrected chi connectivity index (χ0v) is 13.9. The van der Waals surface area contributed by atoms with Crippen LogP contribution >= 0.6 is 39.1 Å². The number of carbonyl (C=O) groups excluding carboxylic acids is 1. The molecule has 5 nitrogen and oxygen atoms in total. The van der Waals surface area contributed by atoms with Crippen molar-refractivity contribution in [1.29, 1.82) is 0 Å². The van der Waals surface area contributed by atoms with Gasteiger partial charge in [-0.25, -0.2) is 5.43 Å². The first kappa shape index (κ1) is 16.6. The van der Waals surface area contributed by atoms with Gasteiger partial charge in [0.1, 0.15) is 11.5 Å². The molecule has 2 rings (SSSR count). The third-order valence-electron chi connectivity index (χ3n) is 2.64. The summed E-state index contributed by atoms with van der Waals surface area (Å²) in [7, 11) is 0. The number of rotatable bonds is 3. The van der Waals surface area contributed by atoms with E-state index in [-0.39, 0.29) is 22.1 Å². The van der Waals surface area contributed by atoms with Gasteiger partial charge in [0.05, 0.1) is 21.3 Å². The van der Waals surface area contributed by atoms with E-state index in [0.717, 1.165) is 6.07 Å². The summed E-state index contributed by atoms with van der Waals surface area (Å²) in [5.41, 5.74) is 2.82. The Hall–Kier alpha value is -1.76. The Labute approximate surface area is 144 Å². The van der Waals surface area contributed by atoms with Gasteiger partial charge in [0.25, 0.3) is 5.91 Å². The highest BCUT2D eigenvalue weighted by molar-refractivity contribution is 9.10. The number of carbonyl (C=O) groups is 1. The molecule has 0 spiro atoms. The van der Waals surface area contributed by atoms with Gasteiger partial charge < -0.3 is 10.2 Å². The zero-order valence-electron chi connectivity index (χ0n) is 10.8. The molecule has 0 aliphatic rings. The molecular formula is C14H9BrCl2N2O3. The number of aromatic hydroxyl groups is 2. The Morgan fingerprint density at radius 1 is 1.18 bits per heavy atom. The van der Waals surface area contributed by atoms with Gasteiger partial charge in [0.2, 0.25) is 0 Å². The molecule has 3 N–H and O–H groups in total. The number of hydrazone groups is 1. The van der Waals surface area contributed by atoms with E-state index in [4.69, 9.17) is 23.2 Å². The number of hydrogen-bond donors (Lipinski definition) is 3. The van der Waals surface area contributed by atoms with Gasteiger partial charge >= 0.3 is 0 Å². The van der Waals surface area contributed by atoms with Crippen molar-refractivity contribution in [2.24, 2.45) is 5.10 Å². The average Bonchev–Trinajstić information content (AvgIpc) is 2.44. The molecule has 0 atom stereocenters. The lowest BCUT2D eigenvalue weighted by atomic mass is 10.2. The molecular weight excluding hydrogens is 395 g/mol. The lowest BCUT2D eigenvalue weighted by Gasteiger charge is -2.04. The SMILES string of the molecule is O=C(NN=Cc1cc(Br)c(O)cc1O)c1ccc(Cl)cc1Cl. The predicted molar refractivity (Wildman–Crippen MR) is 89.0 cm³/mol. The van der Waals surface area contributed by atoms with Crippen molar-refractivity contribution in [3.63, 3.8) is 0 Å². The van der Waals surface area contributed by atoms with Crippen LogP contribution in [0.15, 0.2) is 39.9 Å². The predicted octanol–water partition coefficient (Wildman–Crippen LogP) is 3.93. The van der Waals surface area contributed by atoms with E-state index < -0.39 is 5.91 Å². The van der Waals surface area contributed by atoms with Gasteiger partial charge in [-0.05, 0) is 40.2 Å². The van der Waals surface area contributed by atoms with E-state index in [1.165, 1.54) is 30.5 Å². The highest BCUT2D eigenvalue weighted by Crippen LogP contribution is 2.30. The molecule has 0 aliphatic heterocycles. The van der Waals surface area contributed by atoms with Gasteiger partial charge in [-0.1, -0.05) is 23.2 Å². The molecule has 0 heterocycles. The summed E-state index contributed by atoms with van der Waals surface area (Å²) in [6, 6.07) is 7.07. The number of halogens is 3. The van der Waals surface area contributed by atoms with Crippen LogP contribution < -0.4 is 5.43 Å². The minimum absolute atomic E-state index is 0.105. The van der Waals surface area contributed by atoms with Crippen molar-refractivity contribution in [2.45, 2.75) is 0 Å². The van der Waals surface area contributed by atoms with Crippen LogP contribution in [0.3, 0.4) is 0 Å². The molecule has 2 aromatic carbocycles. The van der Waals surface area contributed by atoms with Crippen LogP contribution in [0.2, 0.25) is 10.0 Å². The summed E-state index contributed by atoms with van der Waals surface area (Å²) < 4.78 is 0.388. The zero-order chi connectivity index (χ0) is 16.3. The number of benzene rings is 2. The average molecular weight is 404 g/mol. The van der Waals surface area contributed by atoms with Crippen LogP contribution in [0.1, 0.15) is 15.9 Å². The summed E-state index contributed by atoms with van der Waals surface area (Å²) >= 11 is 14.8. The molecule has 2 aromatic rings. The Morgan fingerprint density at radius 3 is 2.59 bits per heavy atom. The van der Waals surface area contributed by atoms with Crippen molar-refractivity contribution in [3.8, 4) is 11.5 Å². The highest BCUT2D eigenvalue weighted by Gasteiger charge is 2.10. The van der Waals surface area contributed by atoms with Crippen LogP contribution in [0.25, 0.3) is 0 Å². The summed E-state index contributed by atoms with van der Waals surface area (Å²) in [6.07, 6.45) is 1.24. The second-order valence-electron chi connectivity index (χ2n) is 4.19. The normalized spacial score (nSPS) is 10.9. The molecule has 0 fully saturated rings. The largest absolute Gasteiger partial charge is 0.507 e. The fourth-order valence-electron chi connectivity index (χ4n) is 1.56. The lowest BCUT2D eigenvalue weighted by molar-refractivity contribution is 0.0955. The van der Waals surface area contributed by atoms with E-state index in [2.05, 4.69) is 26.5 Å². The molecule has 0 aliphatic carbocycles. The van der Waals surface area contributed by atoms with Crippen molar-refractivity contribution in [1.82, 2.24) is 5.43 Å². The Bertz CT molecular complexity index is 766. The number of phenolic OH excluding ortho intramolecular Hbond substituents is 2. The van der Waals surface area contributed by atoms with Gasteiger partial charge in [-0.2, -0.15) is 5.10 Å². The number of hydrogen-bond acceptors (Lipinski definition) is 4. The maximum Gasteiger partial charge on any atom is 0.272 e. The van der Waals surface area contributed by atoms with Gasteiger partial charge in [0.15, 0.2) is 0 Å². The Kier molecular flexibility index (Phi) is 5.28. The third-order valence-corrected chi connectivity index (χ3v) is 3.82. The molecule has 8 heteroatoms. The summed E-state index contributed by atoms with van der Waals surface area (Å²) in [4.78, 5) is 11.9. The van der Waals surface area contributed by atoms with Gasteiger partial charge in [-0.15, -0.1) is 0 Å². The van der Waals surface area contributed by atoms with Gasteiger partial charge in [-0.3, -0.25) is 4.79 Å². The standard InChI is InChI=1S/C14H9BrCl2N2O3/c15-10-3-7(12(20)5-13(10)21)6-18-19-14(22)9-2-1-8(16)4-11(9)17/h1-6,20-21H,(H,19,22). The van der Waals surface area contributed by atoms with Crippen molar-refractivity contribution < 1.29 is 15.0 Å². The molecule has 114 valence electrons. The highest BCUT2D eigenvalue weighted by atomic mass is 79.9. The number of nitrogens with zero attached hydrogens (tertiary/aromatic N) is 1. The second kappa shape index (κ2) is 7.00. The molecule has 22 heavy (non-hydrogen) atoms. The topological polar surface area (TPSA) is 81.9 Å². The monoisotopic (exact) mass is 402 g/mol. The smallest absolute Gasteiger partial charge is 0.272 e. The first-order valence-corrected chi connectivity index (χ1v) is 7.43. The maximum absolute atomic E-state index is 11.9. The number of amides is 1. The molecule has 0 bridgehead atoms. The summed E-state index contributed by atoms with van der Waals surface area (Å²) in [5, 5.41) is 23.4. The summed E-state index contributed by atoms with van der Waals surface area (Å²) in [5.74, 6) is -0.801. The molecule has 0 saturated carbocycles. The summed E-state index contributed by atoms with van der Waals surface area (Å²) in [6.45, 7) is 0. The lowest BCUT2D eigenvalue weighted by Crippen LogP contribution is -2.18. The second-order valence-corrected chi connectivity index (χ2v) is 5.88. The van der Waals surface area contributed by atoms with Gasteiger partial charge in [0, 0.05) is 16.7 Å². The van der Waals surface area contributed by atoms with E-state index in [9.17, 15) is 15.0 Å². The van der Waals surface area contributed by atoms with Crippen molar-refractivity contribution >= 4 is 51.3 Å². The van der Waals surface area contributed by atoms with E-state index >= 15 is 0 Å². The first-order valence-electron chi connectivity index (χ1n) is 5.88. The number of phenols is 2. The van der Waals surface area contributed by atoms with E-state index in [0.29, 0.717) is 15.1 Å². The fraction of sp³-hybridized carbons (Fsp3) is 0. The maximum atomic E-state index is 11.9. The molecule has 0 aromatic heterocycles. The van der Waals surface area contributed by atoms with Crippen LogP contribution in [0.5, 0.6) is 11.5 Å². The minimum Gasteiger partial charge on any atom is -0.507 e. The first-order chi connectivity index (χ1) is 10.4. The molecule has 0 saturated heterocycles. The molecule has 0 radical (unpaired) electrons.